The summed E-state index contributed by atoms with van der Waals surface area (Å²) >= 11 is 1.74. The Morgan fingerprint density at radius 1 is 1.21 bits per heavy atom. The molecular weight excluding hydrogens is 316 g/mol. The van der Waals surface area contributed by atoms with Crippen LogP contribution in [-0.2, 0) is 12.8 Å². The average Bonchev–Trinajstić information content (AvgIpc) is 2.60. The van der Waals surface area contributed by atoms with E-state index in [1.807, 2.05) is 18.2 Å². The van der Waals surface area contributed by atoms with E-state index in [0.717, 1.165) is 16.4 Å². The number of aromatic nitrogens is 2. The van der Waals surface area contributed by atoms with Crippen molar-refractivity contribution in [3.63, 3.8) is 0 Å². The molecule has 0 atom stereocenters. The second kappa shape index (κ2) is 8.34. The summed E-state index contributed by atoms with van der Waals surface area (Å²) < 4.78 is 0. The second-order valence-corrected chi connectivity index (χ2v) is 7.62. The minimum absolute atomic E-state index is 0.0193. The van der Waals surface area contributed by atoms with Gasteiger partial charge >= 0.3 is 0 Å². The van der Waals surface area contributed by atoms with Crippen molar-refractivity contribution in [1.82, 2.24) is 9.97 Å². The molecule has 1 aromatic carbocycles. The summed E-state index contributed by atoms with van der Waals surface area (Å²) in [6.07, 6.45) is 9.35. The molecule has 1 aliphatic rings. The van der Waals surface area contributed by atoms with Crippen LogP contribution in [0.5, 0.6) is 0 Å². The molecular formula is C20H24N2OS. The fourth-order valence-electron chi connectivity index (χ4n) is 3.21. The van der Waals surface area contributed by atoms with Gasteiger partial charge in [-0.2, -0.15) is 0 Å². The van der Waals surface area contributed by atoms with Crippen molar-refractivity contribution < 1.29 is 0 Å². The summed E-state index contributed by atoms with van der Waals surface area (Å²) in [5, 5.41) is 1.35. The number of benzene rings is 1. The van der Waals surface area contributed by atoms with Crippen LogP contribution in [0.4, 0.5) is 0 Å². The molecule has 0 radical (unpaired) electrons. The van der Waals surface area contributed by atoms with Crippen LogP contribution in [0.15, 0.2) is 52.9 Å². The van der Waals surface area contributed by atoms with E-state index in [-0.39, 0.29) is 5.56 Å². The quantitative estimate of drug-likeness (QED) is 0.621. The fourth-order valence-corrected chi connectivity index (χ4v) is 4.41. The summed E-state index contributed by atoms with van der Waals surface area (Å²) in [5.41, 5.74) is 2.77. The molecule has 24 heavy (non-hydrogen) atoms. The molecule has 126 valence electrons. The van der Waals surface area contributed by atoms with E-state index >= 15 is 0 Å². The molecule has 0 amide bonds. The normalized spacial score (nSPS) is 15.3. The van der Waals surface area contributed by atoms with Crippen molar-refractivity contribution in [2.75, 3.05) is 0 Å². The first kappa shape index (κ1) is 17.0. The molecule has 1 aliphatic carbocycles. The topological polar surface area (TPSA) is 45.8 Å². The Morgan fingerprint density at radius 2 is 1.96 bits per heavy atom. The van der Waals surface area contributed by atoms with Crippen molar-refractivity contribution >= 4 is 11.8 Å². The molecule has 4 heteroatoms. The molecule has 1 aromatic heterocycles. The highest BCUT2D eigenvalue weighted by atomic mass is 32.2. The van der Waals surface area contributed by atoms with Gasteiger partial charge in [0.1, 0.15) is 0 Å². The summed E-state index contributed by atoms with van der Waals surface area (Å²) in [7, 11) is 0. The Hall–Kier alpha value is -1.81. The lowest BCUT2D eigenvalue weighted by atomic mass is 10.0. The van der Waals surface area contributed by atoms with Crippen LogP contribution in [0.2, 0.25) is 0 Å². The minimum atomic E-state index is -0.0193. The van der Waals surface area contributed by atoms with Gasteiger partial charge in [-0.05, 0) is 24.8 Å². The summed E-state index contributed by atoms with van der Waals surface area (Å²) in [6, 6.07) is 10.2. The second-order valence-electron chi connectivity index (χ2n) is 6.33. The smallest absolute Gasteiger partial charge is 0.255 e. The highest BCUT2D eigenvalue weighted by molar-refractivity contribution is 7.99. The number of aromatic amines is 1. The monoisotopic (exact) mass is 340 g/mol. The van der Waals surface area contributed by atoms with Crippen LogP contribution in [0, 0.1) is 0 Å². The predicted molar refractivity (Wildman–Crippen MR) is 101 cm³/mol. The third-order valence-corrected chi connectivity index (χ3v) is 5.69. The predicted octanol–water partition coefficient (Wildman–Crippen LogP) is 4.51. The minimum Gasteiger partial charge on any atom is -0.301 e. The lowest BCUT2D eigenvalue weighted by Gasteiger charge is -2.20. The number of hydrogen-bond donors (Lipinski definition) is 1. The van der Waals surface area contributed by atoms with Crippen LogP contribution in [0.25, 0.3) is 0 Å². The third-order valence-electron chi connectivity index (χ3n) is 4.47. The van der Waals surface area contributed by atoms with Gasteiger partial charge in [-0.1, -0.05) is 67.4 Å². The Balaban J connectivity index is 1.88. The van der Waals surface area contributed by atoms with Crippen LogP contribution in [0.3, 0.4) is 0 Å². The van der Waals surface area contributed by atoms with Gasteiger partial charge in [0.05, 0.1) is 5.69 Å². The lowest BCUT2D eigenvalue weighted by molar-refractivity contribution is 0.515. The van der Waals surface area contributed by atoms with Crippen LogP contribution in [-0.4, -0.2) is 15.2 Å². The van der Waals surface area contributed by atoms with Crippen molar-refractivity contribution in [3.8, 4) is 0 Å². The van der Waals surface area contributed by atoms with Crippen LogP contribution >= 0.6 is 11.8 Å². The van der Waals surface area contributed by atoms with Crippen molar-refractivity contribution in [2.45, 2.75) is 55.4 Å². The van der Waals surface area contributed by atoms with Gasteiger partial charge in [0.25, 0.3) is 5.56 Å². The average molecular weight is 340 g/mol. The Labute approximate surface area is 147 Å². The highest BCUT2D eigenvalue weighted by Gasteiger charge is 2.18. The number of thioether (sulfide) groups is 1. The van der Waals surface area contributed by atoms with E-state index < -0.39 is 0 Å². The Bertz CT molecular complexity index is 733. The maximum Gasteiger partial charge on any atom is 0.255 e. The summed E-state index contributed by atoms with van der Waals surface area (Å²) in [4.78, 5) is 20.3. The van der Waals surface area contributed by atoms with E-state index in [1.54, 1.807) is 17.8 Å². The number of nitrogens with one attached hydrogen (secondary N) is 1. The summed E-state index contributed by atoms with van der Waals surface area (Å²) in [6.45, 7) is 3.78. The van der Waals surface area contributed by atoms with Crippen LogP contribution < -0.4 is 5.56 Å². The Morgan fingerprint density at radius 3 is 2.67 bits per heavy atom. The first-order valence-corrected chi connectivity index (χ1v) is 9.58. The standard InChI is InChI=1S/C20H24N2OS/c1-2-9-17-18(14-15-10-5-3-6-11-15)21-20(22-19(17)23)24-16-12-7-4-8-13-16/h2-3,5-6,10-11,16H,1,4,7-9,12-14H2,(H,21,22,23). The lowest BCUT2D eigenvalue weighted by Crippen LogP contribution is -2.20. The van der Waals surface area contributed by atoms with Crippen molar-refractivity contribution in [3.05, 3.63) is 70.2 Å². The zero-order chi connectivity index (χ0) is 16.8. The fraction of sp³-hybridized carbons (Fsp3) is 0.400. The first-order chi connectivity index (χ1) is 11.8. The largest absolute Gasteiger partial charge is 0.301 e. The molecule has 1 heterocycles. The molecule has 0 saturated heterocycles. The molecule has 1 saturated carbocycles. The number of hydrogen-bond acceptors (Lipinski definition) is 3. The number of nitrogens with zero attached hydrogens (tertiary/aromatic N) is 1. The molecule has 0 bridgehead atoms. The van der Waals surface area contributed by atoms with Gasteiger partial charge in [-0.3, -0.25) is 4.79 Å². The molecule has 1 N–H and O–H groups in total. The van der Waals surface area contributed by atoms with E-state index in [0.29, 0.717) is 18.1 Å². The van der Waals surface area contributed by atoms with Crippen molar-refractivity contribution in [2.24, 2.45) is 0 Å². The van der Waals surface area contributed by atoms with Gasteiger partial charge in [0, 0.05) is 17.2 Å². The molecule has 2 aromatic rings. The maximum absolute atomic E-state index is 12.5. The van der Waals surface area contributed by atoms with Crippen LogP contribution in [0.1, 0.15) is 48.9 Å². The molecule has 0 aliphatic heterocycles. The van der Waals surface area contributed by atoms with E-state index in [9.17, 15) is 4.79 Å². The van der Waals surface area contributed by atoms with Crippen molar-refractivity contribution in [1.29, 1.82) is 0 Å². The van der Waals surface area contributed by atoms with Gasteiger partial charge < -0.3 is 4.98 Å². The maximum atomic E-state index is 12.5. The Kier molecular flexibility index (Phi) is 5.91. The van der Waals surface area contributed by atoms with E-state index in [4.69, 9.17) is 4.98 Å². The van der Waals surface area contributed by atoms with Gasteiger partial charge in [-0.15, -0.1) is 6.58 Å². The van der Waals surface area contributed by atoms with Gasteiger partial charge in [0.15, 0.2) is 5.16 Å². The molecule has 0 unspecified atom stereocenters. The van der Waals surface area contributed by atoms with Gasteiger partial charge in [-0.25, -0.2) is 4.98 Å². The molecule has 0 spiro atoms. The number of allylic oxidation sites excluding steroid dienone is 1. The SMILES string of the molecule is C=CCc1c(Cc2ccccc2)nc(SC2CCCCC2)[nH]c1=O. The number of rotatable bonds is 6. The molecule has 3 nitrogen and oxygen atoms in total. The zero-order valence-corrected chi connectivity index (χ0v) is 14.8. The zero-order valence-electron chi connectivity index (χ0n) is 14.0. The third kappa shape index (κ3) is 4.38. The molecule has 1 fully saturated rings. The van der Waals surface area contributed by atoms with E-state index in [2.05, 4.69) is 23.7 Å². The first-order valence-electron chi connectivity index (χ1n) is 8.70. The summed E-state index contributed by atoms with van der Waals surface area (Å²) in [5.74, 6) is 0. The highest BCUT2D eigenvalue weighted by Crippen LogP contribution is 2.31. The molecule has 3 rings (SSSR count). The number of H-pyrrole nitrogens is 1. The van der Waals surface area contributed by atoms with E-state index in [1.165, 1.54) is 37.7 Å². The van der Waals surface area contributed by atoms with Gasteiger partial charge in [0.2, 0.25) is 0 Å².